The van der Waals surface area contributed by atoms with Crippen molar-refractivity contribution in [1.82, 2.24) is 10.3 Å². The molecule has 1 saturated heterocycles. The summed E-state index contributed by atoms with van der Waals surface area (Å²) >= 11 is 6.19. The Morgan fingerprint density at radius 1 is 1.21 bits per heavy atom. The van der Waals surface area contributed by atoms with Crippen molar-refractivity contribution in [3.05, 3.63) is 57.6 Å². The van der Waals surface area contributed by atoms with Crippen LogP contribution < -0.4 is 10.2 Å². The predicted molar refractivity (Wildman–Crippen MR) is 134 cm³/mol. The number of piperidine rings is 1. The van der Waals surface area contributed by atoms with Crippen molar-refractivity contribution in [2.45, 2.75) is 75.2 Å². The SMILES string of the molecule is C[C@H]1C[C@@]2(CCN1c1cc(Cl)cc(F)c1C(O)C1CC1)N=C(c1ccc(C(F)(F)F)nc1C1CC1)NC2=O. The van der Waals surface area contributed by atoms with Crippen LogP contribution in [0.25, 0.3) is 0 Å². The number of rotatable bonds is 5. The van der Waals surface area contributed by atoms with Crippen LogP contribution in [0.1, 0.15) is 80.0 Å². The first-order valence-corrected chi connectivity index (χ1v) is 13.3. The van der Waals surface area contributed by atoms with Gasteiger partial charge in [0.2, 0.25) is 0 Å². The fourth-order valence-electron chi connectivity index (χ4n) is 5.79. The van der Waals surface area contributed by atoms with E-state index >= 15 is 4.39 Å². The van der Waals surface area contributed by atoms with Gasteiger partial charge in [0.15, 0.2) is 0 Å². The van der Waals surface area contributed by atoms with Crippen molar-refractivity contribution in [1.29, 1.82) is 0 Å². The third kappa shape index (κ3) is 4.45. The Hall–Kier alpha value is -2.72. The molecule has 2 aliphatic carbocycles. The van der Waals surface area contributed by atoms with Gasteiger partial charge < -0.3 is 15.3 Å². The lowest BCUT2D eigenvalue weighted by Gasteiger charge is -2.43. The van der Waals surface area contributed by atoms with Gasteiger partial charge in [0, 0.05) is 46.8 Å². The topological polar surface area (TPSA) is 77.8 Å². The number of hydrogen-bond acceptors (Lipinski definition) is 5. The zero-order valence-electron chi connectivity index (χ0n) is 20.7. The highest BCUT2D eigenvalue weighted by Crippen LogP contribution is 2.47. The fraction of sp³-hybridized carbons (Fsp3) is 0.519. The van der Waals surface area contributed by atoms with Crippen molar-refractivity contribution >= 4 is 29.0 Å². The lowest BCUT2D eigenvalue weighted by atomic mass is 9.83. The molecule has 2 aliphatic heterocycles. The molecular formula is C27H27ClF4N4O2. The molecule has 6 rings (SSSR count). The summed E-state index contributed by atoms with van der Waals surface area (Å²) in [6, 6.07) is 4.87. The average molecular weight is 551 g/mol. The van der Waals surface area contributed by atoms with Crippen LogP contribution in [0.3, 0.4) is 0 Å². The number of alkyl halides is 3. The molecule has 3 heterocycles. The Bertz CT molecular complexity index is 1340. The van der Waals surface area contributed by atoms with E-state index < -0.39 is 29.3 Å². The number of halogens is 5. The maximum atomic E-state index is 15.0. The molecule has 3 atom stereocenters. The minimum Gasteiger partial charge on any atom is -0.388 e. The second-order valence-electron chi connectivity index (χ2n) is 10.9. The maximum Gasteiger partial charge on any atom is 0.433 e. The van der Waals surface area contributed by atoms with Crippen LogP contribution in [0.2, 0.25) is 5.02 Å². The van der Waals surface area contributed by atoms with E-state index in [0.717, 1.165) is 31.7 Å². The number of aliphatic imine (C=N–C) groups is 1. The van der Waals surface area contributed by atoms with E-state index in [1.807, 2.05) is 11.8 Å². The van der Waals surface area contributed by atoms with Gasteiger partial charge in [-0.15, -0.1) is 0 Å². The zero-order valence-corrected chi connectivity index (χ0v) is 21.4. The second kappa shape index (κ2) is 8.91. The summed E-state index contributed by atoms with van der Waals surface area (Å²) in [7, 11) is 0. The van der Waals surface area contributed by atoms with Gasteiger partial charge in [-0.25, -0.2) is 9.37 Å². The van der Waals surface area contributed by atoms with E-state index in [9.17, 15) is 23.1 Å². The molecule has 38 heavy (non-hydrogen) atoms. The molecule has 1 aromatic carbocycles. The molecule has 0 radical (unpaired) electrons. The van der Waals surface area contributed by atoms with Crippen molar-refractivity contribution in [2.75, 3.05) is 11.4 Å². The van der Waals surface area contributed by atoms with Crippen LogP contribution in [-0.4, -0.2) is 40.0 Å². The number of nitrogens with one attached hydrogen (secondary N) is 1. The fourth-order valence-corrected chi connectivity index (χ4v) is 5.99. The summed E-state index contributed by atoms with van der Waals surface area (Å²) in [5.74, 6) is -0.686. The Kier molecular flexibility index (Phi) is 5.99. The largest absolute Gasteiger partial charge is 0.433 e. The first-order chi connectivity index (χ1) is 18.0. The Labute approximate surface area is 222 Å². The summed E-state index contributed by atoms with van der Waals surface area (Å²) in [6.07, 6.45) is -1.72. The number of amides is 1. The summed E-state index contributed by atoms with van der Waals surface area (Å²) in [5.41, 5.74) is -0.571. The molecule has 4 aliphatic rings. The van der Waals surface area contributed by atoms with Gasteiger partial charge in [-0.3, -0.25) is 9.79 Å². The minimum absolute atomic E-state index is 0.0154. The van der Waals surface area contributed by atoms with Crippen LogP contribution in [0.4, 0.5) is 23.2 Å². The number of pyridine rings is 1. The van der Waals surface area contributed by atoms with Crippen molar-refractivity contribution in [2.24, 2.45) is 10.9 Å². The third-order valence-electron chi connectivity index (χ3n) is 8.09. The molecule has 0 bridgehead atoms. The molecule has 1 aromatic heterocycles. The van der Waals surface area contributed by atoms with Gasteiger partial charge in [0.1, 0.15) is 22.9 Å². The highest BCUT2D eigenvalue weighted by molar-refractivity contribution is 6.31. The van der Waals surface area contributed by atoms with Gasteiger partial charge in [0.05, 0.1) is 11.8 Å². The monoisotopic (exact) mass is 550 g/mol. The lowest BCUT2D eigenvalue weighted by molar-refractivity contribution is -0.141. The number of amidine groups is 1. The minimum atomic E-state index is -4.56. The van der Waals surface area contributed by atoms with E-state index in [4.69, 9.17) is 16.6 Å². The van der Waals surface area contributed by atoms with Gasteiger partial charge in [0.25, 0.3) is 5.91 Å². The average Bonchev–Trinajstić information content (AvgIpc) is 3.76. The van der Waals surface area contributed by atoms with Gasteiger partial charge in [-0.05, 0) is 69.2 Å². The lowest BCUT2D eigenvalue weighted by Crippen LogP contribution is -2.53. The van der Waals surface area contributed by atoms with E-state index in [-0.39, 0.29) is 40.2 Å². The van der Waals surface area contributed by atoms with Gasteiger partial charge >= 0.3 is 6.18 Å². The normalized spacial score (nSPS) is 26.5. The molecule has 1 spiro atoms. The second-order valence-corrected chi connectivity index (χ2v) is 11.4. The van der Waals surface area contributed by atoms with Crippen LogP contribution >= 0.6 is 11.6 Å². The molecule has 3 fully saturated rings. The molecule has 2 N–H and O–H groups in total. The smallest absolute Gasteiger partial charge is 0.388 e. The van der Waals surface area contributed by atoms with Crippen LogP contribution in [0, 0.1) is 11.7 Å². The molecular weight excluding hydrogens is 524 g/mol. The van der Waals surface area contributed by atoms with E-state index in [1.165, 1.54) is 12.1 Å². The summed E-state index contributed by atoms with van der Waals surface area (Å²) < 4.78 is 54.9. The van der Waals surface area contributed by atoms with E-state index in [1.54, 1.807) is 6.07 Å². The van der Waals surface area contributed by atoms with Crippen LogP contribution in [0.15, 0.2) is 29.3 Å². The number of benzene rings is 1. The Morgan fingerprint density at radius 2 is 1.95 bits per heavy atom. The number of aliphatic hydroxyl groups is 1. The van der Waals surface area contributed by atoms with E-state index in [0.29, 0.717) is 36.3 Å². The van der Waals surface area contributed by atoms with Crippen molar-refractivity contribution < 1.29 is 27.5 Å². The Balaban J connectivity index is 1.30. The number of nitrogens with zero attached hydrogens (tertiary/aromatic N) is 3. The highest BCUT2D eigenvalue weighted by Gasteiger charge is 2.50. The summed E-state index contributed by atoms with van der Waals surface area (Å²) in [5, 5.41) is 13.8. The predicted octanol–water partition coefficient (Wildman–Crippen LogP) is 5.52. The molecule has 2 aromatic rings. The highest BCUT2D eigenvalue weighted by atomic mass is 35.5. The van der Waals surface area contributed by atoms with Crippen LogP contribution in [-0.2, 0) is 11.0 Å². The first-order valence-electron chi connectivity index (χ1n) is 12.9. The number of carbonyl (C=O) groups excluding carboxylic acids is 1. The number of hydrogen-bond donors (Lipinski definition) is 2. The van der Waals surface area contributed by atoms with Crippen molar-refractivity contribution in [3.8, 4) is 0 Å². The molecule has 11 heteroatoms. The maximum absolute atomic E-state index is 15.0. The number of aliphatic hydroxyl groups excluding tert-OH is 1. The number of carbonyl (C=O) groups is 1. The molecule has 202 valence electrons. The summed E-state index contributed by atoms with van der Waals surface area (Å²) in [6.45, 7) is 2.26. The third-order valence-corrected chi connectivity index (χ3v) is 8.31. The first kappa shape index (κ1) is 25.6. The molecule has 2 saturated carbocycles. The molecule has 1 unspecified atom stereocenters. The number of anilines is 1. The molecule has 6 nitrogen and oxygen atoms in total. The quantitative estimate of drug-likeness (QED) is 0.481. The summed E-state index contributed by atoms with van der Waals surface area (Å²) in [4.78, 5) is 23.9. The van der Waals surface area contributed by atoms with Gasteiger partial charge in [-0.1, -0.05) is 11.6 Å². The Morgan fingerprint density at radius 3 is 2.58 bits per heavy atom. The number of aromatic nitrogens is 1. The molecule has 1 amide bonds. The van der Waals surface area contributed by atoms with Gasteiger partial charge in [-0.2, -0.15) is 13.2 Å². The standard InChI is InChI=1S/C27H27ClF4N4O2/c1-13-12-26(8-9-36(13)19-11-16(28)10-18(29)21(19)23(37)15-4-5-15)25(38)34-24(35-26)17-6-7-20(27(30,31)32)33-22(17)14-2-3-14/h6-7,10-11,13-15,23,37H,2-5,8-9,12H2,1H3,(H,34,35,38)/t13-,23?,26+/m0/s1. The van der Waals surface area contributed by atoms with Crippen LogP contribution in [0.5, 0.6) is 0 Å². The van der Waals surface area contributed by atoms with E-state index in [2.05, 4.69) is 10.3 Å². The zero-order chi connectivity index (χ0) is 27.0. The van der Waals surface area contributed by atoms with Crippen molar-refractivity contribution in [3.63, 3.8) is 0 Å².